The number of hydrogen-bond donors (Lipinski definition) is 0. The predicted octanol–water partition coefficient (Wildman–Crippen LogP) is 2.18. The maximum Gasteiger partial charge on any atom is 0.342 e. The smallest absolute Gasteiger partial charge is 0.342 e. The summed E-state index contributed by atoms with van der Waals surface area (Å²) in [5.41, 5.74) is 0.315. The maximum absolute atomic E-state index is 13.3. The first-order valence-electron chi connectivity index (χ1n) is 4.48. The van der Waals surface area contributed by atoms with Crippen LogP contribution in [0.2, 0.25) is 0 Å². The number of nitrogens with zero attached hydrogens (tertiary/aromatic N) is 1. The van der Waals surface area contributed by atoms with Crippen LogP contribution >= 0.6 is 0 Å². The van der Waals surface area contributed by atoms with Gasteiger partial charge >= 0.3 is 5.97 Å². The number of esters is 1. The Labute approximate surface area is 87.1 Å². The normalized spacial score (nSPS) is 9.47. The summed E-state index contributed by atoms with van der Waals surface area (Å²) in [5, 5.41) is 8.82. The van der Waals surface area contributed by atoms with E-state index < -0.39 is 11.8 Å². The number of ether oxygens (including phenoxy) is 1. The molecule has 3 nitrogen and oxygen atoms in total. The van der Waals surface area contributed by atoms with Crippen LogP contribution in [0, 0.1) is 24.1 Å². The van der Waals surface area contributed by atoms with Crippen LogP contribution in [0.15, 0.2) is 12.1 Å². The Morgan fingerprint density at radius 1 is 1.60 bits per heavy atom. The van der Waals surface area contributed by atoms with Gasteiger partial charge in [-0.15, -0.1) is 0 Å². The fourth-order valence-electron chi connectivity index (χ4n) is 1.23. The summed E-state index contributed by atoms with van der Waals surface area (Å²) in [4.78, 5) is 11.4. The van der Waals surface area contributed by atoms with Gasteiger partial charge in [0.05, 0.1) is 12.2 Å². The number of carbonyl (C=O) groups is 1. The zero-order valence-corrected chi connectivity index (χ0v) is 8.50. The average Bonchev–Trinajstić information content (AvgIpc) is 2.21. The summed E-state index contributed by atoms with van der Waals surface area (Å²) in [6, 6.07) is 4.41. The molecular weight excluding hydrogens is 197 g/mol. The monoisotopic (exact) mass is 207 g/mol. The minimum Gasteiger partial charge on any atom is -0.462 e. The van der Waals surface area contributed by atoms with Crippen molar-refractivity contribution in [2.75, 3.05) is 6.61 Å². The van der Waals surface area contributed by atoms with Crippen LogP contribution in [0.1, 0.15) is 28.4 Å². The van der Waals surface area contributed by atoms with Gasteiger partial charge in [0.1, 0.15) is 17.4 Å². The van der Waals surface area contributed by atoms with Crippen LogP contribution in [0.3, 0.4) is 0 Å². The number of benzene rings is 1. The topological polar surface area (TPSA) is 50.1 Å². The molecule has 78 valence electrons. The van der Waals surface area contributed by atoms with Crippen molar-refractivity contribution in [2.24, 2.45) is 0 Å². The van der Waals surface area contributed by atoms with Gasteiger partial charge in [-0.3, -0.25) is 0 Å². The number of hydrogen-bond acceptors (Lipinski definition) is 3. The molecule has 0 heterocycles. The highest BCUT2D eigenvalue weighted by atomic mass is 19.1. The van der Waals surface area contributed by atoms with Crippen LogP contribution in [0.4, 0.5) is 4.39 Å². The molecule has 1 aromatic carbocycles. The molecule has 0 fully saturated rings. The van der Waals surface area contributed by atoms with Gasteiger partial charge < -0.3 is 4.74 Å². The quantitative estimate of drug-likeness (QED) is 0.698. The van der Waals surface area contributed by atoms with E-state index in [0.29, 0.717) is 5.56 Å². The van der Waals surface area contributed by atoms with Gasteiger partial charge in [-0.05, 0) is 25.5 Å². The number of nitriles is 1. The highest BCUT2D eigenvalue weighted by Crippen LogP contribution is 2.18. The zero-order chi connectivity index (χ0) is 11.4. The van der Waals surface area contributed by atoms with Crippen LogP contribution in [-0.2, 0) is 4.74 Å². The van der Waals surface area contributed by atoms with E-state index in [1.54, 1.807) is 19.9 Å². The summed E-state index contributed by atoms with van der Waals surface area (Å²) >= 11 is 0. The van der Waals surface area contributed by atoms with Gasteiger partial charge in [-0.1, -0.05) is 6.07 Å². The molecule has 0 radical (unpaired) electrons. The molecule has 1 aromatic rings. The van der Waals surface area contributed by atoms with Crippen LogP contribution in [0.25, 0.3) is 0 Å². The summed E-state index contributed by atoms with van der Waals surface area (Å²) in [7, 11) is 0. The molecule has 0 spiro atoms. The molecule has 0 unspecified atom stereocenters. The second-order valence-electron chi connectivity index (χ2n) is 2.95. The molecule has 0 aliphatic rings. The van der Waals surface area contributed by atoms with Crippen LogP contribution < -0.4 is 0 Å². The van der Waals surface area contributed by atoms with E-state index in [-0.39, 0.29) is 17.7 Å². The van der Waals surface area contributed by atoms with E-state index in [1.807, 2.05) is 0 Å². The summed E-state index contributed by atoms with van der Waals surface area (Å²) in [5.74, 6) is -1.52. The standard InChI is InChI=1S/C11H10FNO2/c1-3-15-11(14)10-8(6-13)7(2)4-5-9(10)12/h4-5H,3H2,1-2H3. The second kappa shape index (κ2) is 4.56. The summed E-state index contributed by atoms with van der Waals surface area (Å²) < 4.78 is 18.0. The first-order valence-corrected chi connectivity index (χ1v) is 4.48. The third-order valence-corrected chi connectivity index (χ3v) is 1.95. The molecule has 15 heavy (non-hydrogen) atoms. The van der Waals surface area contributed by atoms with E-state index >= 15 is 0 Å². The van der Waals surface area contributed by atoms with Crippen LogP contribution in [0.5, 0.6) is 0 Å². The molecule has 0 saturated heterocycles. The molecule has 0 saturated carbocycles. The molecule has 0 atom stereocenters. The number of rotatable bonds is 2. The van der Waals surface area contributed by atoms with Crippen molar-refractivity contribution < 1.29 is 13.9 Å². The second-order valence-corrected chi connectivity index (χ2v) is 2.95. The lowest BCUT2D eigenvalue weighted by atomic mass is 10.0. The Bertz CT molecular complexity index is 435. The molecular formula is C11H10FNO2. The van der Waals surface area contributed by atoms with Gasteiger partial charge in [0, 0.05) is 0 Å². The Hall–Kier alpha value is -1.89. The molecule has 0 N–H and O–H groups in total. The first kappa shape index (κ1) is 11.2. The molecule has 0 aromatic heterocycles. The summed E-state index contributed by atoms with van der Waals surface area (Å²) in [6.45, 7) is 3.41. The molecule has 0 bridgehead atoms. The van der Waals surface area contributed by atoms with Crippen molar-refractivity contribution >= 4 is 5.97 Å². The molecule has 0 aliphatic carbocycles. The molecule has 0 amide bonds. The predicted molar refractivity (Wildman–Crippen MR) is 51.8 cm³/mol. The van der Waals surface area contributed by atoms with Crippen molar-refractivity contribution in [1.82, 2.24) is 0 Å². The van der Waals surface area contributed by atoms with Crippen molar-refractivity contribution in [1.29, 1.82) is 5.26 Å². The van der Waals surface area contributed by atoms with E-state index in [2.05, 4.69) is 4.74 Å². The van der Waals surface area contributed by atoms with Gasteiger partial charge in [-0.2, -0.15) is 5.26 Å². The van der Waals surface area contributed by atoms with Gasteiger partial charge in [0.25, 0.3) is 0 Å². The molecule has 1 rings (SSSR count). The highest BCUT2D eigenvalue weighted by Gasteiger charge is 2.19. The number of carbonyl (C=O) groups excluding carboxylic acids is 1. The minimum absolute atomic E-state index is 0.0356. The van der Waals surface area contributed by atoms with E-state index in [9.17, 15) is 9.18 Å². The van der Waals surface area contributed by atoms with E-state index in [1.165, 1.54) is 6.07 Å². The number of aryl methyl sites for hydroxylation is 1. The van der Waals surface area contributed by atoms with E-state index in [4.69, 9.17) is 5.26 Å². The molecule has 0 aliphatic heterocycles. The van der Waals surface area contributed by atoms with Gasteiger partial charge in [0.2, 0.25) is 0 Å². The van der Waals surface area contributed by atoms with Crippen molar-refractivity contribution in [3.8, 4) is 6.07 Å². The maximum atomic E-state index is 13.3. The Morgan fingerprint density at radius 2 is 2.27 bits per heavy atom. The Balaban J connectivity index is 3.33. The van der Waals surface area contributed by atoms with Crippen molar-refractivity contribution in [3.05, 3.63) is 34.6 Å². The van der Waals surface area contributed by atoms with Gasteiger partial charge in [-0.25, -0.2) is 9.18 Å². The Morgan fingerprint density at radius 3 is 2.80 bits per heavy atom. The fraction of sp³-hybridized carbons (Fsp3) is 0.273. The number of halogens is 1. The lowest BCUT2D eigenvalue weighted by molar-refractivity contribution is 0.0520. The lowest BCUT2D eigenvalue weighted by Crippen LogP contribution is -2.10. The first-order chi connectivity index (χ1) is 7.11. The highest BCUT2D eigenvalue weighted by molar-refractivity contribution is 5.93. The average molecular weight is 207 g/mol. The SMILES string of the molecule is CCOC(=O)c1c(F)ccc(C)c1C#N. The van der Waals surface area contributed by atoms with Gasteiger partial charge in [0.15, 0.2) is 0 Å². The summed E-state index contributed by atoms with van der Waals surface area (Å²) in [6.07, 6.45) is 0. The minimum atomic E-state index is -0.796. The lowest BCUT2D eigenvalue weighted by Gasteiger charge is -2.06. The Kier molecular flexibility index (Phi) is 3.40. The van der Waals surface area contributed by atoms with Crippen molar-refractivity contribution in [3.63, 3.8) is 0 Å². The third-order valence-electron chi connectivity index (χ3n) is 1.95. The third kappa shape index (κ3) is 2.13. The molecule has 4 heteroatoms. The van der Waals surface area contributed by atoms with Crippen LogP contribution in [-0.4, -0.2) is 12.6 Å². The largest absolute Gasteiger partial charge is 0.462 e. The zero-order valence-electron chi connectivity index (χ0n) is 8.50. The van der Waals surface area contributed by atoms with E-state index in [0.717, 1.165) is 6.07 Å². The fourth-order valence-corrected chi connectivity index (χ4v) is 1.23. The van der Waals surface area contributed by atoms with Crippen molar-refractivity contribution in [2.45, 2.75) is 13.8 Å².